The Bertz CT molecular complexity index is 994. The maximum Gasteiger partial charge on any atom is 0.261 e. The molecule has 1 aromatic heterocycles. The SMILES string of the molecule is C[C@@H](N[S@+]([O-])C(C)(C)C)c1cc(Br)cc2c(=O)n(C3CC3)c(C3CCOCC3)nc12. The first-order valence-corrected chi connectivity index (χ1v) is 12.6. The molecule has 6 nitrogen and oxygen atoms in total. The van der Waals surface area contributed by atoms with E-state index >= 15 is 0 Å². The van der Waals surface area contributed by atoms with Gasteiger partial charge in [0.05, 0.1) is 16.9 Å². The van der Waals surface area contributed by atoms with Crippen molar-refractivity contribution in [3.63, 3.8) is 0 Å². The molecule has 2 atom stereocenters. The predicted octanol–water partition coefficient (Wildman–Crippen LogP) is 4.50. The second-order valence-electron chi connectivity index (χ2n) is 9.37. The highest BCUT2D eigenvalue weighted by Gasteiger charge is 2.33. The molecule has 0 bridgehead atoms. The molecule has 2 fully saturated rings. The Morgan fingerprint density at radius 1 is 1.27 bits per heavy atom. The van der Waals surface area contributed by atoms with Crippen molar-refractivity contribution in [2.75, 3.05) is 13.2 Å². The molecule has 0 amide bonds. The van der Waals surface area contributed by atoms with Gasteiger partial charge in [0.15, 0.2) is 0 Å². The Kier molecular flexibility index (Phi) is 6.34. The van der Waals surface area contributed by atoms with Crippen molar-refractivity contribution in [1.82, 2.24) is 14.3 Å². The highest BCUT2D eigenvalue weighted by molar-refractivity contribution is 9.10. The van der Waals surface area contributed by atoms with Crippen LogP contribution >= 0.6 is 15.9 Å². The van der Waals surface area contributed by atoms with Gasteiger partial charge in [0.25, 0.3) is 5.56 Å². The Morgan fingerprint density at radius 3 is 2.53 bits per heavy atom. The average molecular weight is 496 g/mol. The summed E-state index contributed by atoms with van der Waals surface area (Å²) >= 11 is 2.34. The zero-order valence-electron chi connectivity index (χ0n) is 18.0. The number of nitrogens with one attached hydrogen (secondary N) is 1. The normalized spacial score (nSPS) is 20.5. The second kappa shape index (κ2) is 8.54. The molecule has 2 heterocycles. The Hall–Kier alpha value is -0.930. The highest BCUT2D eigenvalue weighted by atomic mass is 79.9. The van der Waals surface area contributed by atoms with E-state index < -0.39 is 11.4 Å². The average Bonchev–Trinajstić information content (AvgIpc) is 3.52. The summed E-state index contributed by atoms with van der Waals surface area (Å²) in [6, 6.07) is 3.91. The van der Waals surface area contributed by atoms with Crippen LogP contribution in [0.25, 0.3) is 10.9 Å². The summed E-state index contributed by atoms with van der Waals surface area (Å²) in [4.78, 5) is 18.7. The molecule has 164 valence electrons. The summed E-state index contributed by atoms with van der Waals surface area (Å²) in [5.41, 5.74) is 1.65. The first-order chi connectivity index (χ1) is 14.2. The molecule has 1 saturated carbocycles. The molecule has 0 unspecified atom stereocenters. The van der Waals surface area contributed by atoms with Crippen LogP contribution in [0.2, 0.25) is 0 Å². The van der Waals surface area contributed by atoms with Gasteiger partial charge in [-0.2, -0.15) is 0 Å². The van der Waals surface area contributed by atoms with E-state index in [1.165, 1.54) is 0 Å². The third kappa shape index (κ3) is 4.48. The number of fused-ring (bicyclic) bond motifs is 1. The minimum absolute atomic E-state index is 0.0377. The molecule has 1 aliphatic carbocycles. The summed E-state index contributed by atoms with van der Waals surface area (Å²) in [7, 11) is 0. The number of hydrogen-bond acceptors (Lipinski definition) is 5. The molecule has 1 N–H and O–H groups in total. The van der Waals surface area contributed by atoms with Crippen LogP contribution in [0.3, 0.4) is 0 Å². The van der Waals surface area contributed by atoms with Crippen LogP contribution in [0, 0.1) is 0 Å². The molecule has 1 saturated heterocycles. The summed E-state index contributed by atoms with van der Waals surface area (Å²) < 4.78 is 23.8. The number of nitrogens with zero attached hydrogens (tertiary/aromatic N) is 2. The maximum atomic E-state index is 13.6. The quantitative estimate of drug-likeness (QED) is 0.617. The van der Waals surface area contributed by atoms with Crippen molar-refractivity contribution in [3.8, 4) is 0 Å². The molecule has 30 heavy (non-hydrogen) atoms. The van der Waals surface area contributed by atoms with Crippen molar-refractivity contribution in [1.29, 1.82) is 0 Å². The predicted molar refractivity (Wildman–Crippen MR) is 124 cm³/mol. The molecule has 1 aromatic carbocycles. The zero-order valence-corrected chi connectivity index (χ0v) is 20.4. The second-order valence-corrected chi connectivity index (χ2v) is 12.3. The fraction of sp³-hybridized carbons (Fsp3) is 0.636. The fourth-order valence-electron chi connectivity index (χ4n) is 3.97. The Labute approximate surface area is 189 Å². The van der Waals surface area contributed by atoms with E-state index in [-0.39, 0.29) is 28.3 Å². The van der Waals surface area contributed by atoms with Crippen molar-refractivity contribution >= 4 is 38.2 Å². The minimum atomic E-state index is -1.23. The molecule has 1 aliphatic heterocycles. The first kappa shape index (κ1) is 22.3. The van der Waals surface area contributed by atoms with Gasteiger partial charge >= 0.3 is 0 Å². The van der Waals surface area contributed by atoms with E-state index in [1.54, 1.807) is 0 Å². The van der Waals surface area contributed by atoms with E-state index in [9.17, 15) is 9.35 Å². The van der Waals surface area contributed by atoms with E-state index in [0.29, 0.717) is 24.1 Å². The van der Waals surface area contributed by atoms with Crippen LogP contribution < -0.4 is 10.3 Å². The topological polar surface area (TPSA) is 79.2 Å². The van der Waals surface area contributed by atoms with E-state index in [1.807, 2.05) is 44.4 Å². The third-order valence-electron chi connectivity index (χ3n) is 5.83. The van der Waals surface area contributed by atoms with Crippen LogP contribution in [0.5, 0.6) is 0 Å². The molecule has 0 radical (unpaired) electrons. The van der Waals surface area contributed by atoms with Gasteiger partial charge in [0.1, 0.15) is 10.6 Å². The summed E-state index contributed by atoms with van der Waals surface area (Å²) in [5, 5.41) is 0.622. The van der Waals surface area contributed by atoms with Crippen molar-refractivity contribution in [3.05, 3.63) is 38.3 Å². The number of ether oxygens (including phenoxy) is 1. The van der Waals surface area contributed by atoms with Gasteiger partial charge in [-0.3, -0.25) is 9.36 Å². The van der Waals surface area contributed by atoms with Gasteiger partial charge in [0, 0.05) is 46.6 Å². The zero-order chi connectivity index (χ0) is 21.6. The van der Waals surface area contributed by atoms with Gasteiger partial charge in [-0.05, 0) is 65.5 Å². The van der Waals surface area contributed by atoms with Gasteiger partial charge in [0.2, 0.25) is 0 Å². The van der Waals surface area contributed by atoms with Crippen LogP contribution in [0.4, 0.5) is 0 Å². The van der Waals surface area contributed by atoms with E-state index in [2.05, 4.69) is 20.7 Å². The van der Waals surface area contributed by atoms with E-state index in [4.69, 9.17) is 9.72 Å². The number of aromatic nitrogens is 2. The third-order valence-corrected chi connectivity index (χ3v) is 7.97. The number of halogens is 1. The van der Waals surface area contributed by atoms with Crippen LogP contribution in [-0.2, 0) is 16.1 Å². The largest absolute Gasteiger partial charge is 0.598 e. The monoisotopic (exact) mass is 495 g/mol. The van der Waals surface area contributed by atoms with Gasteiger partial charge in [-0.1, -0.05) is 15.9 Å². The Morgan fingerprint density at radius 2 is 1.93 bits per heavy atom. The van der Waals surface area contributed by atoms with E-state index in [0.717, 1.165) is 41.5 Å². The lowest BCUT2D eigenvalue weighted by molar-refractivity contribution is 0.0825. The molecular formula is C22H30BrN3O3S. The number of hydrogen-bond donors (Lipinski definition) is 1. The van der Waals surface area contributed by atoms with Crippen LogP contribution in [-0.4, -0.2) is 32.1 Å². The van der Waals surface area contributed by atoms with Gasteiger partial charge < -0.3 is 9.29 Å². The maximum absolute atomic E-state index is 13.6. The molecule has 0 spiro atoms. The smallest absolute Gasteiger partial charge is 0.261 e. The summed E-state index contributed by atoms with van der Waals surface area (Å²) in [6.07, 6.45) is 3.84. The first-order valence-electron chi connectivity index (χ1n) is 10.7. The summed E-state index contributed by atoms with van der Waals surface area (Å²) in [6.45, 7) is 9.22. The van der Waals surface area contributed by atoms with Crippen molar-refractivity contribution < 1.29 is 9.29 Å². The van der Waals surface area contributed by atoms with Crippen LogP contribution in [0.1, 0.15) is 82.8 Å². The highest BCUT2D eigenvalue weighted by Crippen LogP contribution is 2.39. The van der Waals surface area contributed by atoms with Gasteiger partial charge in [-0.25, -0.2) is 4.98 Å². The lowest BCUT2D eigenvalue weighted by Gasteiger charge is -2.28. The minimum Gasteiger partial charge on any atom is -0.598 e. The number of benzene rings is 1. The van der Waals surface area contributed by atoms with Gasteiger partial charge in [-0.15, -0.1) is 4.72 Å². The molecule has 8 heteroatoms. The molecular weight excluding hydrogens is 466 g/mol. The van der Waals surface area contributed by atoms with Crippen molar-refractivity contribution in [2.45, 2.75) is 76.1 Å². The van der Waals surface area contributed by atoms with Crippen molar-refractivity contribution in [2.24, 2.45) is 0 Å². The van der Waals surface area contributed by atoms with Crippen LogP contribution in [0.15, 0.2) is 21.4 Å². The standard InChI is InChI=1S/C22H30BrN3O3S/c1-13(25-30(28)22(2,3)4)17-11-15(23)12-18-19(17)24-20(14-7-9-29-10-8-14)26(21(18)27)16-5-6-16/h11-14,16,25H,5-10H2,1-4H3/t13-,30-/m1/s1. The fourth-order valence-corrected chi connectivity index (χ4v) is 5.25. The lowest BCUT2D eigenvalue weighted by Crippen LogP contribution is -2.40. The molecule has 4 rings (SSSR count). The lowest BCUT2D eigenvalue weighted by atomic mass is 9.98. The molecule has 2 aliphatic rings. The Balaban J connectivity index is 1.85. The molecule has 2 aromatic rings. The number of rotatable bonds is 5. The summed E-state index contributed by atoms with van der Waals surface area (Å²) in [5.74, 6) is 1.13.